The Labute approximate surface area is 105 Å². The van der Waals surface area contributed by atoms with Crippen LogP contribution in [-0.2, 0) is 6.54 Å². The van der Waals surface area contributed by atoms with Crippen LogP contribution in [0.25, 0.3) is 0 Å². The molecule has 84 valence electrons. The van der Waals surface area contributed by atoms with Gasteiger partial charge in [0.2, 0.25) is 0 Å². The Morgan fingerprint density at radius 2 is 2.20 bits per heavy atom. The van der Waals surface area contributed by atoms with Crippen molar-refractivity contribution in [3.63, 3.8) is 0 Å². The van der Waals surface area contributed by atoms with E-state index in [1.807, 2.05) is 12.1 Å². The summed E-state index contributed by atoms with van der Waals surface area (Å²) < 4.78 is 1.01. The molecule has 15 heavy (non-hydrogen) atoms. The zero-order valence-electron chi connectivity index (χ0n) is 8.53. The third-order valence-corrected chi connectivity index (χ3v) is 3.20. The number of halogens is 2. The fraction of sp³-hybridized carbons (Fsp3) is 0.455. The van der Waals surface area contributed by atoms with E-state index in [9.17, 15) is 5.11 Å². The molecule has 2 atom stereocenters. The molecule has 2 rings (SSSR count). The highest BCUT2D eigenvalue weighted by Crippen LogP contribution is 2.30. The monoisotopic (exact) mass is 291 g/mol. The van der Waals surface area contributed by atoms with Crippen molar-refractivity contribution in [3.05, 3.63) is 28.2 Å². The summed E-state index contributed by atoms with van der Waals surface area (Å²) in [7, 11) is 0. The topological polar surface area (TPSA) is 32.3 Å². The smallest absolute Gasteiger partial charge is 0.120 e. The Balaban J connectivity index is 0.00000112. The Morgan fingerprint density at radius 3 is 2.80 bits per heavy atom. The number of rotatable bonds is 3. The second kappa shape index (κ2) is 5.19. The van der Waals surface area contributed by atoms with Crippen molar-refractivity contribution in [1.29, 1.82) is 0 Å². The molecule has 0 bridgehead atoms. The van der Waals surface area contributed by atoms with E-state index in [1.54, 1.807) is 6.07 Å². The fourth-order valence-corrected chi connectivity index (χ4v) is 1.95. The van der Waals surface area contributed by atoms with E-state index in [4.69, 9.17) is 0 Å². The van der Waals surface area contributed by atoms with Gasteiger partial charge in [0.05, 0.1) is 0 Å². The van der Waals surface area contributed by atoms with Crippen LogP contribution < -0.4 is 5.32 Å². The van der Waals surface area contributed by atoms with Gasteiger partial charge in [0, 0.05) is 22.6 Å². The summed E-state index contributed by atoms with van der Waals surface area (Å²) >= 11 is 3.39. The van der Waals surface area contributed by atoms with E-state index < -0.39 is 0 Å². The molecule has 1 aromatic rings. The van der Waals surface area contributed by atoms with E-state index in [-0.39, 0.29) is 12.4 Å². The second-order valence-electron chi connectivity index (χ2n) is 3.97. The molecule has 0 saturated heterocycles. The lowest BCUT2D eigenvalue weighted by Crippen LogP contribution is -2.17. The van der Waals surface area contributed by atoms with Gasteiger partial charge in [-0.15, -0.1) is 12.4 Å². The van der Waals surface area contributed by atoms with Crippen LogP contribution in [0.3, 0.4) is 0 Å². The maximum absolute atomic E-state index is 9.57. The van der Waals surface area contributed by atoms with E-state index >= 15 is 0 Å². The molecule has 1 aromatic carbocycles. The fourth-order valence-electron chi connectivity index (χ4n) is 1.54. The first-order valence-corrected chi connectivity index (χ1v) is 5.67. The molecule has 0 aromatic heterocycles. The minimum atomic E-state index is 0. The van der Waals surface area contributed by atoms with Crippen molar-refractivity contribution in [2.45, 2.75) is 25.9 Å². The van der Waals surface area contributed by atoms with Crippen LogP contribution in [0.2, 0.25) is 0 Å². The van der Waals surface area contributed by atoms with E-state index in [0.717, 1.165) is 22.5 Å². The van der Waals surface area contributed by atoms with Gasteiger partial charge in [-0.05, 0) is 30.5 Å². The van der Waals surface area contributed by atoms with E-state index in [1.165, 1.54) is 6.42 Å². The van der Waals surface area contributed by atoms with Gasteiger partial charge in [-0.25, -0.2) is 0 Å². The molecule has 1 saturated carbocycles. The summed E-state index contributed by atoms with van der Waals surface area (Å²) in [4.78, 5) is 0. The zero-order chi connectivity index (χ0) is 10.1. The summed E-state index contributed by atoms with van der Waals surface area (Å²) in [6.45, 7) is 2.98. The normalized spacial score (nSPS) is 23.3. The van der Waals surface area contributed by atoms with Crippen molar-refractivity contribution in [2.24, 2.45) is 5.92 Å². The van der Waals surface area contributed by atoms with E-state index in [0.29, 0.717) is 11.8 Å². The Morgan fingerprint density at radius 1 is 1.53 bits per heavy atom. The number of benzene rings is 1. The van der Waals surface area contributed by atoms with Crippen molar-refractivity contribution in [2.75, 3.05) is 0 Å². The van der Waals surface area contributed by atoms with Crippen LogP contribution in [0.15, 0.2) is 22.7 Å². The average Bonchev–Trinajstić information content (AvgIpc) is 2.84. The van der Waals surface area contributed by atoms with Gasteiger partial charge in [-0.1, -0.05) is 22.9 Å². The highest BCUT2D eigenvalue weighted by molar-refractivity contribution is 9.10. The summed E-state index contributed by atoms with van der Waals surface area (Å²) in [5, 5.41) is 13.0. The quantitative estimate of drug-likeness (QED) is 0.897. The van der Waals surface area contributed by atoms with Gasteiger partial charge in [-0.2, -0.15) is 0 Å². The molecule has 0 aliphatic heterocycles. The molecule has 0 radical (unpaired) electrons. The first-order valence-electron chi connectivity index (χ1n) is 4.87. The lowest BCUT2D eigenvalue weighted by atomic mass is 10.2. The molecule has 2 nitrogen and oxygen atoms in total. The van der Waals surface area contributed by atoms with Crippen LogP contribution in [-0.4, -0.2) is 11.1 Å². The third-order valence-electron chi connectivity index (χ3n) is 2.71. The van der Waals surface area contributed by atoms with Gasteiger partial charge >= 0.3 is 0 Å². The molecule has 1 aliphatic carbocycles. The summed E-state index contributed by atoms with van der Waals surface area (Å²) in [6.07, 6.45) is 1.26. The summed E-state index contributed by atoms with van der Waals surface area (Å²) in [5.74, 6) is 1.17. The molecule has 2 unspecified atom stereocenters. The molecule has 1 aliphatic rings. The SMILES string of the molecule is CC1CC1NCc1cc(Br)ccc1O.Cl. The maximum atomic E-state index is 9.57. The van der Waals surface area contributed by atoms with Crippen molar-refractivity contribution in [1.82, 2.24) is 5.32 Å². The van der Waals surface area contributed by atoms with Crippen molar-refractivity contribution in [3.8, 4) is 5.75 Å². The average molecular weight is 293 g/mol. The number of phenolic OH excluding ortho intramolecular Hbond substituents is 1. The molecule has 4 heteroatoms. The molecule has 2 N–H and O–H groups in total. The second-order valence-corrected chi connectivity index (χ2v) is 4.89. The molecule has 0 spiro atoms. The third kappa shape index (κ3) is 3.37. The standard InChI is InChI=1S/C11H14BrNO.ClH/c1-7-4-10(7)13-6-8-5-9(12)2-3-11(8)14;/h2-3,5,7,10,13-14H,4,6H2,1H3;1H. The number of aromatic hydroxyl groups is 1. The number of phenols is 1. The van der Waals surface area contributed by atoms with E-state index in [2.05, 4.69) is 28.2 Å². The molecule has 1 fully saturated rings. The minimum Gasteiger partial charge on any atom is -0.508 e. The first-order chi connectivity index (χ1) is 6.66. The predicted molar refractivity (Wildman–Crippen MR) is 67.5 cm³/mol. The van der Waals surface area contributed by atoms with Crippen LogP contribution in [0.1, 0.15) is 18.9 Å². The zero-order valence-corrected chi connectivity index (χ0v) is 10.9. The number of hydrogen-bond donors (Lipinski definition) is 2. The van der Waals surface area contributed by atoms with Gasteiger partial charge in [0.15, 0.2) is 0 Å². The Bertz CT molecular complexity index is 345. The highest BCUT2D eigenvalue weighted by Gasteiger charge is 2.31. The largest absolute Gasteiger partial charge is 0.508 e. The maximum Gasteiger partial charge on any atom is 0.120 e. The molecular formula is C11H15BrClNO. The number of hydrogen-bond acceptors (Lipinski definition) is 2. The van der Waals surface area contributed by atoms with Gasteiger partial charge in [0.1, 0.15) is 5.75 Å². The van der Waals surface area contributed by atoms with Crippen molar-refractivity contribution >= 4 is 28.3 Å². The lowest BCUT2D eigenvalue weighted by Gasteiger charge is -2.06. The van der Waals surface area contributed by atoms with Gasteiger partial charge < -0.3 is 10.4 Å². The first kappa shape index (κ1) is 12.8. The van der Waals surface area contributed by atoms with Crippen LogP contribution in [0.5, 0.6) is 5.75 Å². The van der Waals surface area contributed by atoms with Gasteiger partial charge in [0.25, 0.3) is 0 Å². The van der Waals surface area contributed by atoms with Crippen LogP contribution in [0, 0.1) is 5.92 Å². The summed E-state index contributed by atoms with van der Waals surface area (Å²) in [6, 6.07) is 6.17. The Hall–Kier alpha value is -0.250. The molecule has 0 amide bonds. The molecular weight excluding hydrogens is 277 g/mol. The minimum absolute atomic E-state index is 0. The molecule has 0 heterocycles. The predicted octanol–water partition coefficient (Wildman–Crippen LogP) is 3.07. The van der Waals surface area contributed by atoms with Crippen molar-refractivity contribution < 1.29 is 5.11 Å². The lowest BCUT2D eigenvalue weighted by molar-refractivity contribution is 0.463. The van der Waals surface area contributed by atoms with Gasteiger partial charge in [-0.3, -0.25) is 0 Å². The Kier molecular flexibility index (Phi) is 4.44. The number of nitrogens with one attached hydrogen (secondary N) is 1. The van der Waals surface area contributed by atoms with Crippen LogP contribution >= 0.6 is 28.3 Å². The highest BCUT2D eigenvalue weighted by atomic mass is 79.9. The summed E-state index contributed by atoms with van der Waals surface area (Å²) in [5.41, 5.74) is 0.957. The van der Waals surface area contributed by atoms with Crippen LogP contribution in [0.4, 0.5) is 0 Å².